The molecular formula is C19H19N3OS. The monoisotopic (exact) mass is 337 g/mol. The van der Waals surface area contributed by atoms with Gasteiger partial charge in [-0.1, -0.05) is 79.3 Å². The van der Waals surface area contributed by atoms with Crippen LogP contribution in [0.15, 0.2) is 70.9 Å². The normalized spacial score (nSPS) is 19.5. The van der Waals surface area contributed by atoms with Crippen LogP contribution in [0.1, 0.15) is 24.5 Å². The van der Waals surface area contributed by atoms with Crippen molar-refractivity contribution in [2.24, 2.45) is 10.2 Å². The molecule has 1 amide bonds. The van der Waals surface area contributed by atoms with Gasteiger partial charge in [-0.25, -0.2) is 0 Å². The number of benzene rings is 2. The molecule has 2 aromatic carbocycles. The Morgan fingerprint density at radius 1 is 1.08 bits per heavy atom. The van der Waals surface area contributed by atoms with E-state index in [-0.39, 0.29) is 11.2 Å². The summed E-state index contributed by atoms with van der Waals surface area (Å²) in [6.45, 7) is 2.55. The highest BCUT2D eigenvalue weighted by molar-refractivity contribution is 8.15. The second-order valence-corrected chi connectivity index (χ2v) is 6.63. The zero-order chi connectivity index (χ0) is 16.8. The highest BCUT2D eigenvalue weighted by atomic mass is 32.2. The Morgan fingerprint density at radius 3 is 2.42 bits per heavy atom. The molecule has 0 aromatic heterocycles. The van der Waals surface area contributed by atoms with Gasteiger partial charge in [-0.3, -0.25) is 9.69 Å². The largest absolute Gasteiger partial charge is 0.284 e. The summed E-state index contributed by atoms with van der Waals surface area (Å²) in [7, 11) is 0. The Kier molecular flexibility index (Phi) is 5.43. The Morgan fingerprint density at radius 2 is 1.75 bits per heavy atom. The number of hydrogen-bond donors (Lipinski definition) is 0. The molecule has 0 N–H and O–H groups in total. The molecule has 1 fully saturated rings. The second kappa shape index (κ2) is 7.93. The predicted molar refractivity (Wildman–Crippen MR) is 100 cm³/mol. The van der Waals surface area contributed by atoms with E-state index in [1.165, 1.54) is 11.8 Å². The molecule has 1 saturated heterocycles. The van der Waals surface area contributed by atoms with E-state index < -0.39 is 0 Å². The van der Waals surface area contributed by atoms with Crippen LogP contribution >= 0.6 is 11.8 Å². The van der Waals surface area contributed by atoms with Crippen LogP contribution < -0.4 is 0 Å². The van der Waals surface area contributed by atoms with Crippen molar-refractivity contribution >= 4 is 29.1 Å². The summed E-state index contributed by atoms with van der Waals surface area (Å²) in [4.78, 5) is 14.3. The SMILES string of the molecule is CCC1S/C(=N\N=C\c2ccccc2)N(Cc2ccccc2)C1=O. The maximum absolute atomic E-state index is 12.6. The molecule has 0 aliphatic carbocycles. The van der Waals surface area contributed by atoms with E-state index in [4.69, 9.17) is 0 Å². The van der Waals surface area contributed by atoms with Crippen LogP contribution in [0, 0.1) is 0 Å². The molecule has 0 spiro atoms. The maximum atomic E-state index is 12.6. The quantitative estimate of drug-likeness (QED) is 0.613. The standard InChI is InChI=1S/C19H19N3OS/c1-2-17-18(23)22(14-16-11-7-4-8-12-16)19(24-17)21-20-13-15-9-5-3-6-10-15/h3-13,17H,2,14H2,1H3/b20-13+,21-19-. The second-order valence-electron chi connectivity index (χ2n) is 5.46. The van der Waals surface area contributed by atoms with Gasteiger partial charge in [0.15, 0.2) is 5.17 Å². The first-order valence-electron chi connectivity index (χ1n) is 7.96. The Labute approximate surface area is 146 Å². The summed E-state index contributed by atoms with van der Waals surface area (Å²) in [5.41, 5.74) is 2.07. The highest BCUT2D eigenvalue weighted by Crippen LogP contribution is 2.30. The van der Waals surface area contributed by atoms with E-state index in [2.05, 4.69) is 10.2 Å². The van der Waals surface area contributed by atoms with E-state index in [0.717, 1.165) is 17.5 Å². The smallest absolute Gasteiger partial charge is 0.242 e. The van der Waals surface area contributed by atoms with Gasteiger partial charge in [0.05, 0.1) is 18.0 Å². The van der Waals surface area contributed by atoms with Crippen molar-refractivity contribution in [3.8, 4) is 0 Å². The Hall–Kier alpha value is -2.40. The third-order valence-corrected chi connectivity index (χ3v) is 5.06. The van der Waals surface area contributed by atoms with Crippen LogP contribution in [0.3, 0.4) is 0 Å². The van der Waals surface area contributed by atoms with Crippen molar-refractivity contribution < 1.29 is 4.79 Å². The van der Waals surface area contributed by atoms with Gasteiger partial charge in [-0.2, -0.15) is 5.10 Å². The Balaban J connectivity index is 1.79. The molecule has 122 valence electrons. The number of amidine groups is 1. The van der Waals surface area contributed by atoms with Crippen LogP contribution in [-0.2, 0) is 11.3 Å². The molecule has 1 atom stereocenters. The van der Waals surface area contributed by atoms with Gasteiger partial charge in [0.1, 0.15) is 0 Å². The third kappa shape index (κ3) is 3.92. The summed E-state index contributed by atoms with van der Waals surface area (Å²) >= 11 is 1.49. The third-order valence-electron chi connectivity index (χ3n) is 3.72. The first-order chi connectivity index (χ1) is 11.8. The minimum Gasteiger partial charge on any atom is -0.284 e. The molecule has 1 aliphatic heterocycles. The number of amides is 1. The minimum atomic E-state index is -0.0700. The van der Waals surface area contributed by atoms with Crippen molar-refractivity contribution in [3.05, 3.63) is 71.8 Å². The van der Waals surface area contributed by atoms with Crippen molar-refractivity contribution in [2.45, 2.75) is 25.1 Å². The molecule has 3 rings (SSSR count). The molecule has 1 aliphatic rings. The molecule has 0 bridgehead atoms. The summed E-state index contributed by atoms with van der Waals surface area (Å²) < 4.78 is 0. The lowest BCUT2D eigenvalue weighted by Crippen LogP contribution is -2.31. The predicted octanol–water partition coefficient (Wildman–Crippen LogP) is 3.93. The molecule has 4 nitrogen and oxygen atoms in total. The van der Waals surface area contributed by atoms with Gasteiger partial charge in [-0.05, 0) is 17.5 Å². The van der Waals surface area contributed by atoms with E-state index in [1.807, 2.05) is 67.6 Å². The van der Waals surface area contributed by atoms with Crippen LogP contribution in [0.5, 0.6) is 0 Å². The molecule has 24 heavy (non-hydrogen) atoms. The first-order valence-corrected chi connectivity index (χ1v) is 8.84. The van der Waals surface area contributed by atoms with Gasteiger partial charge >= 0.3 is 0 Å². The maximum Gasteiger partial charge on any atom is 0.242 e. The van der Waals surface area contributed by atoms with Gasteiger partial charge in [0.25, 0.3) is 0 Å². The molecular weight excluding hydrogens is 318 g/mol. The highest BCUT2D eigenvalue weighted by Gasteiger charge is 2.36. The fourth-order valence-corrected chi connectivity index (χ4v) is 3.47. The van der Waals surface area contributed by atoms with E-state index in [9.17, 15) is 4.79 Å². The molecule has 0 radical (unpaired) electrons. The number of rotatable bonds is 5. The van der Waals surface area contributed by atoms with Crippen molar-refractivity contribution in [1.82, 2.24) is 4.90 Å². The molecule has 5 heteroatoms. The molecule has 2 aromatic rings. The fourth-order valence-electron chi connectivity index (χ4n) is 2.44. The summed E-state index contributed by atoms with van der Waals surface area (Å²) in [5, 5.41) is 9.07. The minimum absolute atomic E-state index is 0.0700. The number of nitrogens with zero attached hydrogens (tertiary/aromatic N) is 3. The average Bonchev–Trinajstić information content (AvgIpc) is 2.92. The van der Waals surface area contributed by atoms with Crippen molar-refractivity contribution in [2.75, 3.05) is 0 Å². The topological polar surface area (TPSA) is 45.0 Å². The fraction of sp³-hybridized carbons (Fsp3) is 0.211. The summed E-state index contributed by atoms with van der Waals surface area (Å²) in [5.74, 6) is 0.111. The van der Waals surface area contributed by atoms with Gasteiger partial charge < -0.3 is 0 Å². The first kappa shape index (κ1) is 16.5. The number of carbonyl (C=O) groups excluding carboxylic acids is 1. The van der Waals surface area contributed by atoms with Crippen LogP contribution in [0.25, 0.3) is 0 Å². The van der Waals surface area contributed by atoms with Crippen LogP contribution in [0.4, 0.5) is 0 Å². The van der Waals surface area contributed by atoms with Crippen LogP contribution in [-0.4, -0.2) is 27.4 Å². The zero-order valence-corrected chi connectivity index (χ0v) is 14.3. The lowest BCUT2D eigenvalue weighted by molar-refractivity contribution is -0.126. The van der Waals surface area contributed by atoms with Crippen LogP contribution in [0.2, 0.25) is 0 Å². The van der Waals surface area contributed by atoms with Gasteiger partial charge in [0.2, 0.25) is 5.91 Å². The molecule has 1 unspecified atom stereocenters. The zero-order valence-electron chi connectivity index (χ0n) is 13.5. The van der Waals surface area contributed by atoms with E-state index in [0.29, 0.717) is 11.7 Å². The average molecular weight is 337 g/mol. The number of hydrogen-bond acceptors (Lipinski definition) is 4. The van der Waals surface area contributed by atoms with E-state index in [1.54, 1.807) is 11.1 Å². The molecule has 1 heterocycles. The van der Waals surface area contributed by atoms with Gasteiger partial charge in [0, 0.05) is 0 Å². The van der Waals surface area contributed by atoms with E-state index >= 15 is 0 Å². The lowest BCUT2D eigenvalue weighted by Gasteiger charge is -2.15. The lowest BCUT2D eigenvalue weighted by atomic mass is 10.2. The molecule has 0 saturated carbocycles. The number of carbonyl (C=O) groups is 1. The van der Waals surface area contributed by atoms with Crippen molar-refractivity contribution in [1.29, 1.82) is 0 Å². The Bertz CT molecular complexity index is 744. The number of thioether (sulfide) groups is 1. The summed E-state index contributed by atoms with van der Waals surface area (Å²) in [6.07, 6.45) is 2.49. The van der Waals surface area contributed by atoms with Gasteiger partial charge in [-0.15, -0.1) is 5.10 Å². The summed E-state index contributed by atoms with van der Waals surface area (Å²) in [6, 6.07) is 19.8. The van der Waals surface area contributed by atoms with Crippen molar-refractivity contribution in [3.63, 3.8) is 0 Å².